The second kappa shape index (κ2) is 10.8. The first-order valence-electron chi connectivity index (χ1n) is 10.6. The molecule has 0 fully saturated rings. The van der Waals surface area contributed by atoms with Gasteiger partial charge in [-0.2, -0.15) is 0 Å². The quantitative estimate of drug-likeness (QED) is 0.373. The Morgan fingerprint density at radius 1 is 0.943 bits per heavy atom. The predicted octanol–water partition coefficient (Wildman–Crippen LogP) is 5.43. The average Bonchev–Trinajstić information content (AvgIpc) is 2.87. The summed E-state index contributed by atoms with van der Waals surface area (Å²) in [5.74, 6) is -2.51. The summed E-state index contributed by atoms with van der Waals surface area (Å²) in [5, 5.41) is 3.02. The first-order chi connectivity index (χ1) is 16.9. The minimum atomic E-state index is -1.41. The van der Waals surface area contributed by atoms with Crippen LogP contribution in [0.4, 0.5) is 14.5 Å². The van der Waals surface area contributed by atoms with Gasteiger partial charge in [0.1, 0.15) is 23.4 Å². The maximum atomic E-state index is 15.0. The molecular weight excluding hydrogens is 474 g/mol. The van der Waals surface area contributed by atoms with Gasteiger partial charge in [-0.15, -0.1) is 0 Å². The van der Waals surface area contributed by atoms with Gasteiger partial charge in [0.15, 0.2) is 0 Å². The smallest absolute Gasteiger partial charge is 0.275 e. The Labute approximate surface area is 205 Å². The van der Waals surface area contributed by atoms with Crippen LogP contribution in [0.15, 0.2) is 91.4 Å². The van der Waals surface area contributed by atoms with Gasteiger partial charge in [0.25, 0.3) is 11.8 Å². The Kier molecular flexibility index (Phi) is 7.42. The summed E-state index contributed by atoms with van der Waals surface area (Å²) >= 11 is 6.35. The van der Waals surface area contributed by atoms with E-state index >= 15 is 4.39 Å². The van der Waals surface area contributed by atoms with Crippen LogP contribution in [0.5, 0.6) is 0 Å². The van der Waals surface area contributed by atoms with E-state index in [0.29, 0.717) is 10.6 Å². The molecule has 1 atom stereocenters. The molecule has 9 heteroatoms. The van der Waals surface area contributed by atoms with Crippen molar-refractivity contribution >= 4 is 29.1 Å². The number of rotatable bonds is 7. The maximum Gasteiger partial charge on any atom is 0.275 e. The Morgan fingerprint density at radius 3 is 2.34 bits per heavy atom. The minimum Gasteiger partial charge on any atom is -0.324 e. The van der Waals surface area contributed by atoms with E-state index in [-0.39, 0.29) is 23.5 Å². The number of amides is 2. The highest BCUT2D eigenvalue weighted by atomic mass is 35.5. The van der Waals surface area contributed by atoms with E-state index in [1.54, 1.807) is 30.3 Å². The standard InChI is InChI=1S/C26H19ClF2N4O2/c27-21-7-3-1-5-17(21)16-33(26(35)23-15-30-13-14-31-23)24(20-6-2-4-8-22(20)29)25(34)32-19-11-9-18(28)10-12-19/h1-15,24H,16H2,(H,32,34). The molecule has 0 saturated heterocycles. The lowest BCUT2D eigenvalue weighted by molar-refractivity contribution is -0.121. The normalized spacial score (nSPS) is 11.5. The van der Waals surface area contributed by atoms with Crippen LogP contribution < -0.4 is 5.32 Å². The van der Waals surface area contributed by atoms with Crippen LogP contribution in [-0.2, 0) is 11.3 Å². The second-order valence-corrected chi connectivity index (χ2v) is 7.94. The minimum absolute atomic E-state index is 0.0311. The number of carbonyl (C=O) groups is 2. The zero-order valence-electron chi connectivity index (χ0n) is 18.2. The van der Waals surface area contributed by atoms with E-state index in [0.717, 1.165) is 0 Å². The van der Waals surface area contributed by atoms with Gasteiger partial charge in [0, 0.05) is 35.2 Å². The third-order valence-electron chi connectivity index (χ3n) is 5.21. The number of hydrogen-bond donors (Lipinski definition) is 1. The maximum absolute atomic E-state index is 15.0. The van der Waals surface area contributed by atoms with Gasteiger partial charge in [-0.05, 0) is 42.0 Å². The number of benzene rings is 3. The van der Waals surface area contributed by atoms with Gasteiger partial charge in [-0.1, -0.05) is 48.0 Å². The first-order valence-corrected chi connectivity index (χ1v) is 10.9. The van der Waals surface area contributed by atoms with Crippen LogP contribution in [0.2, 0.25) is 5.02 Å². The van der Waals surface area contributed by atoms with Crippen molar-refractivity contribution in [2.24, 2.45) is 0 Å². The highest BCUT2D eigenvalue weighted by molar-refractivity contribution is 6.31. The van der Waals surface area contributed by atoms with Gasteiger partial charge in [-0.25, -0.2) is 13.8 Å². The van der Waals surface area contributed by atoms with E-state index in [1.807, 2.05) is 0 Å². The van der Waals surface area contributed by atoms with Crippen molar-refractivity contribution in [2.45, 2.75) is 12.6 Å². The number of carbonyl (C=O) groups excluding carboxylic acids is 2. The van der Waals surface area contributed by atoms with Crippen LogP contribution in [-0.4, -0.2) is 26.7 Å². The number of aromatic nitrogens is 2. The molecule has 0 spiro atoms. The lowest BCUT2D eigenvalue weighted by Crippen LogP contribution is -2.41. The summed E-state index contributed by atoms with van der Waals surface area (Å²) in [6, 6.07) is 16.2. The molecular formula is C26H19ClF2N4O2. The molecule has 176 valence electrons. The third-order valence-corrected chi connectivity index (χ3v) is 5.58. The molecule has 0 aliphatic carbocycles. The van der Waals surface area contributed by atoms with Crippen molar-refractivity contribution in [3.63, 3.8) is 0 Å². The molecule has 35 heavy (non-hydrogen) atoms. The molecule has 1 unspecified atom stereocenters. The molecule has 1 N–H and O–H groups in total. The molecule has 1 aromatic heterocycles. The molecule has 1 heterocycles. The predicted molar refractivity (Wildman–Crippen MR) is 128 cm³/mol. The Balaban J connectivity index is 1.82. The first kappa shape index (κ1) is 24.0. The zero-order chi connectivity index (χ0) is 24.8. The van der Waals surface area contributed by atoms with E-state index in [2.05, 4.69) is 15.3 Å². The van der Waals surface area contributed by atoms with Crippen molar-refractivity contribution < 1.29 is 18.4 Å². The fraction of sp³-hybridized carbons (Fsp3) is 0.0769. The number of nitrogens with zero attached hydrogens (tertiary/aromatic N) is 3. The Hall–Kier alpha value is -4.17. The van der Waals surface area contributed by atoms with E-state index in [9.17, 15) is 14.0 Å². The molecule has 0 aliphatic heterocycles. The van der Waals surface area contributed by atoms with Gasteiger partial charge in [0.2, 0.25) is 0 Å². The van der Waals surface area contributed by atoms with Gasteiger partial charge in [-0.3, -0.25) is 14.6 Å². The molecule has 0 aliphatic rings. The van der Waals surface area contributed by atoms with Crippen molar-refractivity contribution in [2.75, 3.05) is 5.32 Å². The van der Waals surface area contributed by atoms with Gasteiger partial charge in [0.05, 0.1) is 6.20 Å². The summed E-state index contributed by atoms with van der Waals surface area (Å²) in [4.78, 5) is 36.4. The highest BCUT2D eigenvalue weighted by Gasteiger charge is 2.35. The van der Waals surface area contributed by atoms with E-state index in [1.165, 1.54) is 66.0 Å². The fourth-order valence-corrected chi connectivity index (χ4v) is 3.73. The van der Waals surface area contributed by atoms with Crippen molar-refractivity contribution in [1.82, 2.24) is 14.9 Å². The molecule has 0 saturated carbocycles. The average molecular weight is 493 g/mol. The summed E-state index contributed by atoms with van der Waals surface area (Å²) in [5.41, 5.74) is 0.761. The third kappa shape index (κ3) is 5.67. The zero-order valence-corrected chi connectivity index (χ0v) is 19.0. The number of halogens is 3. The van der Waals surface area contributed by atoms with Crippen LogP contribution in [0.1, 0.15) is 27.7 Å². The second-order valence-electron chi connectivity index (χ2n) is 7.54. The van der Waals surface area contributed by atoms with Crippen molar-refractivity contribution in [3.05, 3.63) is 125 Å². The SMILES string of the molecule is O=C(Nc1ccc(F)cc1)C(c1ccccc1F)N(Cc1ccccc1Cl)C(=O)c1cnccn1. The summed E-state index contributed by atoms with van der Waals surface area (Å²) in [6.07, 6.45) is 4.01. The van der Waals surface area contributed by atoms with Crippen LogP contribution >= 0.6 is 11.6 Å². The molecule has 3 aromatic carbocycles. The summed E-state index contributed by atoms with van der Waals surface area (Å²) in [6.45, 7) is -0.120. The van der Waals surface area contributed by atoms with Crippen molar-refractivity contribution in [1.29, 1.82) is 0 Å². The molecule has 0 radical (unpaired) electrons. The van der Waals surface area contributed by atoms with E-state index in [4.69, 9.17) is 11.6 Å². The summed E-state index contributed by atoms with van der Waals surface area (Å²) < 4.78 is 28.4. The van der Waals surface area contributed by atoms with Gasteiger partial charge < -0.3 is 10.2 Å². The largest absolute Gasteiger partial charge is 0.324 e. The van der Waals surface area contributed by atoms with Crippen LogP contribution in [0.3, 0.4) is 0 Å². The number of anilines is 1. The topological polar surface area (TPSA) is 75.2 Å². The summed E-state index contributed by atoms with van der Waals surface area (Å²) in [7, 11) is 0. The molecule has 4 rings (SSSR count). The lowest BCUT2D eigenvalue weighted by atomic mass is 10.0. The monoisotopic (exact) mass is 492 g/mol. The number of nitrogens with one attached hydrogen (secondary N) is 1. The van der Waals surface area contributed by atoms with Crippen LogP contribution in [0.25, 0.3) is 0 Å². The van der Waals surface area contributed by atoms with Crippen molar-refractivity contribution in [3.8, 4) is 0 Å². The lowest BCUT2D eigenvalue weighted by Gasteiger charge is -2.31. The molecule has 0 bridgehead atoms. The van der Waals surface area contributed by atoms with Crippen LogP contribution in [0, 0.1) is 11.6 Å². The Bertz CT molecular complexity index is 1340. The van der Waals surface area contributed by atoms with Gasteiger partial charge >= 0.3 is 0 Å². The fourth-order valence-electron chi connectivity index (χ4n) is 3.54. The highest BCUT2D eigenvalue weighted by Crippen LogP contribution is 2.30. The molecule has 6 nitrogen and oxygen atoms in total. The van der Waals surface area contributed by atoms with E-state index < -0.39 is 29.5 Å². The Morgan fingerprint density at radius 2 is 1.66 bits per heavy atom. The molecule has 2 amide bonds. The molecule has 4 aromatic rings. The number of hydrogen-bond acceptors (Lipinski definition) is 4.